The molecule has 0 bridgehead atoms. The number of hydrogen-bond donors (Lipinski definition) is 1. The number of halogens is 3. The van der Waals surface area contributed by atoms with Crippen molar-refractivity contribution in [3.05, 3.63) is 64.1 Å². The lowest BCUT2D eigenvalue weighted by Crippen LogP contribution is -2.31. The van der Waals surface area contributed by atoms with Gasteiger partial charge < -0.3 is 5.32 Å². The van der Waals surface area contributed by atoms with E-state index in [1.165, 1.54) is 31.2 Å². The van der Waals surface area contributed by atoms with Crippen LogP contribution in [0.3, 0.4) is 0 Å². The summed E-state index contributed by atoms with van der Waals surface area (Å²) in [6, 6.07) is 12.3. The fourth-order valence-electron chi connectivity index (χ4n) is 1.87. The van der Waals surface area contributed by atoms with Crippen LogP contribution in [0.2, 0.25) is 0 Å². The highest BCUT2D eigenvalue weighted by Gasteiger charge is 2.30. The van der Waals surface area contributed by atoms with E-state index in [-0.39, 0.29) is 11.3 Å². The Labute approximate surface area is 124 Å². The van der Waals surface area contributed by atoms with Gasteiger partial charge in [-0.05, 0) is 37.3 Å². The van der Waals surface area contributed by atoms with Crippen molar-refractivity contribution in [1.29, 1.82) is 5.26 Å². The Balaban J connectivity index is 2.47. The molecule has 0 amide bonds. The van der Waals surface area contributed by atoms with Gasteiger partial charge in [0.2, 0.25) is 0 Å². The highest BCUT2D eigenvalue weighted by atomic mass is 79.9. The minimum absolute atomic E-state index is 0.149. The molecule has 2 aromatic rings. The van der Waals surface area contributed by atoms with Gasteiger partial charge in [-0.25, -0.2) is 8.78 Å². The maximum Gasteiger partial charge on any atom is 0.151 e. The molecule has 0 aliphatic rings. The standard InChI is InChI=1S/C15H11BrF2N2/c1-15(9-19,11-8-10(16)6-7-12(11)17)20-14-5-3-2-4-13(14)18/h2-8,20H,1H3. The minimum atomic E-state index is -1.38. The Bertz CT molecular complexity index is 682. The average Bonchev–Trinajstić information content (AvgIpc) is 2.44. The number of rotatable bonds is 3. The summed E-state index contributed by atoms with van der Waals surface area (Å²) < 4.78 is 28.3. The average molecular weight is 337 g/mol. The normalized spacial score (nSPS) is 13.3. The number of nitrogens with one attached hydrogen (secondary N) is 1. The number of benzene rings is 2. The summed E-state index contributed by atoms with van der Waals surface area (Å²) in [5, 5.41) is 12.2. The van der Waals surface area contributed by atoms with E-state index in [0.717, 1.165) is 0 Å². The lowest BCUT2D eigenvalue weighted by Gasteiger charge is -2.26. The molecule has 0 saturated heterocycles. The predicted octanol–water partition coefficient (Wildman–Crippen LogP) is 4.58. The molecule has 0 radical (unpaired) electrons. The second kappa shape index (κ2) is 5.59. The van der Waals surface area contributed by atoms with E-state index in [1.807, 2.05) is 6.07 Å². The van der Waals surface area contributed by atoms with Crippen LogP contribution in [0, 0.1) is 23.0 Å². The SMILES string of the molecule is CC(C#N)(Nc1ccccc1F)c1cc(Br)ccc1F. The van der Waals surface area contributed by atoms with Crippen LogP contribution >= 0.6 is 15.9 Å². The van der Waals surface area contributed by atoms with Gasteiger partial charge in [0.1, 0.15) is 11.6 Å². The van der Waals surface area contributed by atoms with Gasteiger partial charge >= 0.3 is 0 Å². The Morgan fingerprint density at radius 2 is 1.85 bits per heavy atom. The third-order valence-electron chi connectivity index (χ3n) is 2.95. The van der Waals surface area contributed by atoms with Gasteiger partial charge in [-0.15, -0.1) is 0 Å². The summed E-state index contributed by atoms with van der Waals surface area (Å²) in [5.74, 6) is -1.02. The zero-order valence-electron chi connectivity index (χ0n) is 10.6. The molecule has 0 aliphatic carbocycles. The lowest BCUT2D eigenvalue weighted by atomic mass is 9.92. The van der Waals surface area contributed by atoms with Gasteiger partial charge in [0.15, 0.2) is 5.54 Å². The second-order valence-corrected chi connectivity index (χ2v) is 5.38. The molecule has 1 atom stereocenters. The molecule has 0 heterocycles. The van der Waals surface area contributed by atoms with Gasteiger partial charge in [0.25, 0.3) is 0 Å². The van der Waals surface area contributed by atoms with E-state index in [9.17, 15) is 14.0 Å². The van der Waals surface area contributed by atoms with Crippen LogP contribution in [-0.4, -0.2) is 0 Å². The van der Waals surface area contributed by atoms with Gasteiger partial charge in [-0.2, -0.15) is 5.26 Å². The van der Waals surface area contributed by atoms with E-state index < -0.39 is 17.2 Å². The predicted molar refractivity (Wildman–Crippen MR) is 77.1 cm³/mol. The van der Waals surface area contributed by atoms with Crippen LogP contribution in [0.15, 0.2) is 46.9 Å². The molecule has 2 nitrogen and oxygen atoms in total. The largest absolute Gasteiger partial charge is 0.361 e. The summed E-state index contributed by atoms with van der Waals surface area (Å²) in [6.45, 7) is 1.50. The highest BCUT2D eigenvalue weighted by molar-refractivity contribution is 9.10. The van der Waals surface area contributed by atoms with Crippen LogP contribution in [0.4, 0.5) is 14.5 Å². The van der Waals surface area contributed by atoms with E-state index in [4.69, 9.17) is 0 Å². The number of nitrogens with zero attached hydrogens (tertiary/aromatic N) is 1. The first-order chi connectivity index (χ1) is 9.46. The third-order valence-corrected chi connectivity index (χ3v) is 3.44. The van der Waals surface area contributed by atoms with Crippen molar-refractivity contribution < 1.29 is 8.78 Å². The van der Waals surface area contributed by atoms with E-state index >= 15 is 0 Å². The fourth-order valence-corrected chi connectivity index (χ4v) is 2.23. The van der Waals surface area contributed by atoms with Crippen LogP contribution in [0.25, 0.3) is 0 Å². The minimum Gasteiger partial charge on any atom is -0.361 e. The maximum atomic E-state index is 13.9. The van der Waals surface area contributed by atoms with Gasteiger partial charge in [-0.1, -0.05) is 28.1 Å². The van der Waals surface area contributed by atoms with Crippen molar-refractivity contribution in [1.82, 2.24) is 0 Å². The Hall–Kier alpha value is -1.93. The van der Waals surface area contributed by atoms with Crippen molar-refractivity contribution in [2.75, 3.05) is 5.32 Å². The van der Waals surface area contributed by atoms with Crippen molar-refractivity contribution >= 4 is 21.6 Å². The molecule has 102 valence electrons. The summed E-state index contributed by atoms with van der Waals surface area (Å²) in [6.07, 6.45) is 0. The molecule has 1 unspecified atom stereocenters. The van der Waals surface area contributed by atoms with E-state index in [0.29, 0.717) is 4.47 Å². The molecule has 0 spiro atoms. The first-order valence-corrected chi connectivity index (χ1v) is 6.65. The summed E-state index contributed by atoms with van der Waals surface area (Å²) >= 11 is 3.24. The lowest BCUT2D eigenvalue weighted by molar-refractivity contribution is 0.565. The van der Waals surface area contributed by atoms with Gasteiger partial charge in [0.05, 0.1) is 11.8 Å². The Morgan fingerprint density at radius 3 is 2.50 bits per heavy atom. The summed E-state index contributed by atoms with van der Waals surface area (Å²) in [5.41, 5.74) is -1.08. The first kappa shape index (κ1) is 14.5. The van der Waals surface area contributed by atoms with Crippen LogP contribution in [0.1, 0.15) is 12.5 Å². The highest BCUT2D eigenvalue weighted by Crippen LogP contribution is 2.30. The topological polar surface area (TPSA) is 35.8 Å². The third kappa shape index (κ3) is 2.81. The molecule has 1 N–H and O–H groups in total. The van der Waals surface area contributed by atoms with Crippen molar-refractivity contribution in [3.63, 3.8) is 0 Å². The number of para-hydroxylation sites is 1. The zero-order valence-corrected chi connectivity index (χ0v) is 12.2. The van der Waals surface area contributed by atoms with Crippen LogP contribution in [0.5, 0.6) is 0 Å². The van der Waals surface area contributed by atoms with Gasteiger partial charge in [0, 0.05) is 10.0 Å². The summed E-state index contributed by atoms with van der Waals surface area (Å²) in [4.78, 5) is 0. The zero-order chi connectivity index (χ0) is 14.8. The van der Waals surface area contributed by atoms with E-state index in [1.54, 1.807) is 18.2 Å². The van der Waals surface area contributed by atoms with E-state index in [2.05, 4.69) is 21.2 Å². The number of anilines is 1. The van der Waals surface area contributed by atoms with Crippen LogP contribution < -0.4 is 5.32 Å². The van der Waals surface area contributed by atoms with Gasteiger partial charge in [-0.3, -0.25) is 0 Å². The fraction of sp³-hybridized carbons (Fsp3) is 0.133. The molecule has 5 heteroatoms. The molecule has 0 fully saturated rings. The molecular formula is C15H11BrF2N2. The van der Waals surface area contributed by atoms with Crippen molar-refractivity contribution in [2.24, 2.45) is 0 Å². The molecule has 2 aromatic carbocycles. The maximum absolute atomic E-state index is 13.9. The molecule has 2 rings (SSSR count). The number of nitriles is 1. The molecule has 0 saturated carbocycles. The molecule has 20 heavy (non-hydrogen) atoms. The summed E-state index contributed by atoms with van der Waals surface area (Å²) in [7, 11) is 0. The first-order valence-electron chi connectivity index (χ1n) is 5.86. The Kier molecular flexibility index (Phi) is 4.05. The smallest absolute Gasteiger partial charge is 0.151 e. The monoisotopic (exact) mass is 336 g/mol. The Morgan fingerprint density at radius 1 is 1.15 bits per heavy atom. The van der Waals surface area contributed by atoms with Crippen LogP contribution in [-0.2, 0) is 5.54 Å². The molecule has 0 aliphatic heterocycles. The number of hydrogen-bond acceptors (Lipinski definition) is 2. The molecular weight excluding hydrogens is 326 g/mol. The van der Waals surface area contributed by atoms with Crippen molar-refractivity contribution in [3.8, 4) is 6.07 Å². The van der Waals surface area contributed by atoms with Crippen molar-refractivity contribution in [2.45, 2.75) is 12.5 Å². The quantitative estimate of drug-likeness (QED) is 0.890. The molecule has 0 aromatic heterocycles. The second-order valence-electron chi connectivity index (χ2n) is 4.47.